The van der Waals surface area contributed by atoms with Gasteiger partial charge in [0.15, 0.2) is 0 Å². The van der Waals surface area contributed by atoms with Gasteiger partial charge in [-0.2, -0.15) is 0 Å². The van der Waals surface area contributed by atoms with Crippen molar-refractivity contribution >= 4 is 5.91 Å². The minimum atomic E-state index is -0.611. The highest BCUT2D eigenvalue weighted by atomic mass is 16.1. The van der Waals surface area contributed by atoms with Gasteiger partial charge in [-0.1, -0.05) is 13.8 Å². The molecule has 1 radical (unpaired) electrons. The second-order valence-corrected chi connectivity index (χ2v) is 2.25. The molecule has 41 valence electrons. The van der Waals surface area contributed by atoms with Gasteiger partial charge < -0.3 is 5.73 Å². The third-order valence-corrected chi connectivity index (χ3v) is 0.667. The molecule has 0 fully saturated rings. The normalized spacial score (nSPS) is 11.3. The predicted molar refractivity (Wildman–Crippen MR) is 28.3 cm³/mol. The van der Waals surface area contributed by atoms with E-state index in [2.05, 4.69) is 6.92 Å². The van der Waals surface area contributed by atoms with Crippen molar-refractivity contribution in [1.82, 2.24) is 0 Å². The summed E-state index contributed by atoms with van der Waals surface area (Å²) in [6.07, 6.45) is 0. The van der Waals surface area contributed by atoms with Gasteiger partial charge in [-0.25, -0.2) is 0 Å². The maximum absolute atomic E-state index is 10.2. The molecule has 0 rings (SSSR count). The van der Waals surface area contributed by atoms with Crippen molar-refractivity contribution in [3.63, 3.8) is 0 Å². The SMILES string of the molecule is [CH2]C(C)(C)C(N)=O. The number of carbonyl (C=O) groups excluding carboxylic acids is 1. The van der Waals surface area contributed by atoms with Gasteiger partial charge in [0.25, 0.3) is 0 Å². The van der Waals surface area contributed by atoms with Gasteiger partial charge in [-0.3, -0.25) is 4.79 Å². The van der Waals surface area contributed by atoms with Gasteiger partial charge in [0.1, 0.15) is 0 Å². The second-order valence-electron chi connectivity index (χ2n) is 2.25. The molecule has 0 saturated heterocycles. The minimum Gasteiger partial charge on any atom is -0.369 e. The molecule has 0 spiro atoms. The van der Waals surface area contributed by atoms with E-state index in [1.54, 1.807) is 13.8 Å². The summed E-state index contributed by atoms with van der Waals surface area (Å²) in [5, 5.41) is 0. The number of rotatable bonds is 1. The largest absolute Gasteiger partial charge is 0.369 e. The maximum atomic E-state index is 10.2. The van der Waals surface area contributed by atoms with Crippen LogP contribution in [-0.2, 0) is 4.79 Å². The van der Waals surface area contributed by atoms with Crippen LogP contribution < -0.4 is 5.73 Å². The van der Waals surface area contributed by atoms with Crippen molar-refractivity contribution in [3.8, 4) is 0 Å². The first-order valence-corrected chi connectivity index (χ1v) is 2.10. The number of hydrogen-bond acceptors (Lipinski definition) is 1. The molecule has 7 heavy (non-hydrogen) atoms. The van der Waals surface area contributed by atoms with E-state index in [1.807, 2.05) is 0 Å². The fourth-order valence-electron chi connectivity index (χ4n) is 0. The van der Waals surface area contributed by atoms with Crippen molar-refractivity contribution < 1.29 is 4.79 Å². The van der Waals surface area contributed by atoms with Crippen molar-refractivity contribution in [2.24, 2.45) is 11.1 Å². The average Bonchev–Trinajstić information content (AvgIpc) is 1.31. The number of carbonyl (C=O) groups is 1. The van der Waals surface area contributed by atoms with Gasteiger partial charge in [0.2, 0.25) is 5.91 Å². The van der Waals surface area contributed by atoms with Gasteiger partial charge in [0.05, 0.1) is 0 Å². The van der Waals surface area contributed by atoms with Gasteiger partial charge >= 0.3 is 0 Å². The lowest BCUT2D eigenvalue weighted by molar-refractivity contribution is -0.123. The number of primary amides is 1. The smallest absolute Gasteiger partial charge is 0.223 e. The molecule has 0 aliphatic heterocycles. The summed E-state index contributed by atoms with van der Waals surface area (Å²) in [5.74, 6) is -0.368. The molecule has 2 N–H and O–H groups in total. The zero-order chi connectivity index (χ0) is 6.08. The van der Waals surface area contributed by atoms with E-state index in [-0.39, 0.29) is 5.91 Å². The van der Waals surface area contributed by atoms with Gasteiger partial charge in [-0.15, -0.1) is 0 Å². The van der Waals surface area contributed by atoms with Crippen LogP contribution >= 0.6 is 0 Å². The van der Waals surface area contributed by atoms with Crippen LogP contribution in [0, 0.1) is 12.3 Å². The molecule has 0 heterocycles. The molecule has 0 saturated carbocycles. The Bertz CT molecular complexity index is 80.6. The summed E-state index contributed by atoms with van der Waals surface area (Å²) in [4.78, 5) is 10.2. The third-order valence-electron chi connectivity index (χ3n) is 0.667. The Morgan fingerprint density at radius 3 is 1.86 bits per heavy atom. The lowest BCUT2D eigenvalue weighted by Gasteiger charge is -2.10. The van der Waals surface area contributed by atoms with E-state index in [1.165, 1.54) is 0 Å². The first kappa shape index (κ1) is 6.47. The monoisotopic (exact) mass is 100 g/mol. The predicted octanol–water partition coefficient (Wildman–Crippen LogP) is 0.332. The first-order valence-electron chi connectivity index (χ1n) is 2.10. The van der Waals surface area contributed by atoms with Crippen molar-refractivity contribution in [3.05, 3.63) is 6.92 Å². The van der Waals surface area contributed by atoms with Gasteiger partial charge in [-0.05, 0) is 6.92 Å². The average molecular weight is 100 g/mol. The van der Waals surface area contributed by atoms with E-state index in [4.69, 9.17) is 5.73 Å². The molecule has 0 bridgehead atoms. The van der Waals surface area contributed by atoms with Crippen LogP contribution in [0.1, 0.15) is 13.8 Å². The molecule has 2 heteroatoms. The zero-order valence-corrected chi connectivity index (χ0v) is 4.69. The molecule has 0 unspecified atom stereocenters. The van der Waals surface area contributed by atoms with Crippen LogP contribution in [0.2, 0.25) is 0 Å². The summed E-state index contributed by atoms with van der Waals surface area (Å²) in [6.45, 7) is 6.85. The molecule has 0 aromatic rings. The molecule has 0 atom stereocenters. The molecule has 0 aliphatic rings. The zero-order valence-electron chi connectivity index (χ0n) is 4.69. The second kappa shape index (κ2) is 1.52. The van der Waals surface area contributed by atoms with Crippen LogP contribution in [0.15, 0.2) is 0 Å². The molecular weight excluding hydrogens is 90.1 g/mol. The maximum Gasteiger partial charge on any atom is 0.223 e. The van der Waals surface area contributed by atoms with Crippen LogP contribution in [-0.4, -0.2) is 5.91 Å². The van der Waals surface area contributed by atoms with Crippen molar-refractivity contribution in [2.75, 3.05) is 0 Å². The molecular formula is C5H10NO. The third kappa shape index (κ3) is 2.20. The quantitative estimate of drug-likeness (QED) is 0.507. The number of amides is 1. The van der Waals surface area contributed by atoms with Crippen LogP contribution in [0.4, 0.5) is 0 Å². The van der Waals surface area contributed by atoms with Crippen LogP contribution in [0.3, 0.4) is 0 Å². The summed E-state index contributed by atoms with van der Waals surface area (Å²) in [6, 6.07) is 0. The van der Waals surface area contributed by atoms with E-state index in [0.29, 0.717) is 0 Å². The minimum absolute atomic E-state index is 0.368. The molecule has 0 aromatic heterocycles. The van der Waals surface area contributed by atoms with E-state index >= 15 is 0 Å². The Kier molecular flexibility index (Phi) is 1.41. The molecule has 1 amide bonds. The summed E-state index contributed by atoms with van der Waals surface area (Å²) < 4.78 is 0. The van der Waals surface area contributed by atoms with Crippen molar-refractivity contribution in [2.45, 2.75) is 13.8 Å². The topological polar surface area (TPSA) is 43.1 Å². The standard InChI is InChI=1S/C5H10NO/c1-5(2,3)4(6)7/h1H2,2-3H3,(H2,6,7). The Morgan fingerprint density at radius 2 is 1.86 bits per heavy atom. The lowest BCUT2D eigenvalue weighted by Crippen LogP contribution is -2.28. The highest BCUT2D eigenvalue weighted by molar-refractivity contribution is 5.80. The van der Waals surface area contributed by atoms with Crippen LogP contribution in [0.5, 0.6) is 0 Å². The number of hydrogen-bond donors (Lipinski definition) is 1. The fourth-order valence-corrected chi connectivity index (χ4v) is 0. The Balaban J connectivity index is 3.79. The Morgan fingerprint density at radius 1 is 1.71 bits per heavy atom. The van der Waals surface area contributed by atoms with E-state index in [9.17, 15) is 4.79 Å². The molecule has 2 nitrogen and oxygen atoms in total. The highest BCUT2D eigenvalue weighted by Gasteiger charge is 2.16. The Hall–Kier alpha value is -0.530. The summed E-state index contributed by atoms with van der Waals surface area (Å²) >= 11 is 0. The summed E-state index contributed by atoms with van der Waals surface area (Å²) in [5.41, 5.74) is 4.26. The molecule has 0 aromatic carbocycles. The molecule has 0 aliphatic carbocycles. The van der Waals surface area contributed by atoms with Crippen molar-refractivity contribution in [1.29, 1.82) is 0 Å². The fraction of sp³-hybridized carbons (Fsp3) is 0.600. The van der Waals surface area contributed by atoms with E-state index < -0.39 is 5.41 Å². The van der Waals surface area contributed by atoms with Gasteiger partial charge in [0, 0.05) is 5.41 Å². The van der Waals surface area contributed by atoms with E-state index in [0.717, 1.165) is 0 Å². The summed E-state index contributed by atoms with van der Waals surface area (Å²) in [7, 11) is 0. The number of nitrogens with two attached hydrogens (primary N) is 1. The van der Waals surface area contributed by atoms with Crippen LogP contribution in [0.25, 0.3) is 0 Å². The Labute approximate surface area is 43.7 Å². The first-order chi connectivity index (χ1) is 2.94. The highest BCUT2D eigenvalue weighted by Crippen LogP contribution is 2.08. The lowest BCUT2D eigenvalue weighted by atomic mass is 9.96.